The van der Waals surface area contributed by atoms with E-state index in [9.17, 15) is 9.90 Å². The number of aliphatic hydroxyl groups is 1. The third-order valence-electron chi connectivity index (χ3n) is 4.68. The Morgan fingerprint density at radius 3 is 2.75 bits per heavy atom. The second-order valence-corrected chi connectivity index (χ2v) is 6.98. The van der Waals surface area contributed by atoms with Crippen molar-refractivity contribution in [1.29, 1.82) is 0 Å². The molecule has 0 aliphatic heterocycles. The van der Waals surface area contributed by atoms with Crippen molar-refractivity contribution in [3.05, 3.63) is 59.7 Å². The van der Waals surface area contributed by atoms with Gasteiger partial charge in [-0.2, -0.15) is 0 Å². The van der Waals surface area contributed by atoms with Crippen LogP contribution in [0, 0.1) is 0 Å². The quantitative estimate of drug-likeness (QED) is 0.611. The number of amides is 2. The van der Waals surface area contributed by atoms with Crippen molar-refractivity contribution in [1.82, 2.24) is 25.5 Å². The Balaban J connectivity index is 1.37. The fourth-order valence-electron chi connectivity index (χ4n) is 2.96. The number of rotatable bonds is 6. The van der Waals surface area contributed by atoms with Gasteiger partial charge in [-0.1, -0.05) is 36.4 Å². The number of carbonyl (C=O) groups excluding carboxylic acids is 1. The molecular formula is C20H22N6O2. The molecule has 1 fully saturated rings. The van der Waals surface area contributed by atoms with E-state index < -0.39 is 6.10 Å². The SMILES string of the molecule is C[C@H](O)c1ccc(CNC(=O)Nc2cccc(-c3nnnn3C3CC3)c2)cc1. The summed E-state index contributed by atoms with van der Waals surface area (Å²) >= 11 is 0. The van der Waals surface area contributed by atoms with Crippen molar-refractivity contribution in [2.75, 3.05) is 5.32 Å². The average molecular weight is 378 g/mol. The van der Waals surface area contributed by atoms with Crippen molar-refractivity contribution in [3.63, 3.8) is 0 Å². The van der Waals surface area contributed by atoms with Crippen LogP contribution in [-0.4, -0.2) is 31.3 Å². The number of aliphatic hydroxyl groups excluding tert-OH is 1. The molecule has 1 heterocycles. The first-order valence-corrected chi connectivity index (χ1v) is 9.30. The highest BCUT2D eigenvalue weighted by Gasteiger charge is 2.28. The van der Waals surface area contributed by atoms with Crippen LogP contribution in [0.15, 0.2) is 48.5 Å². The molecule has 0 bridgehead atoms. The van der Waals surface area contributed by atoms with Crippen molar-refractivity contribution < 1.29 is 9.90 Å². The Hall–Kier alpha value is -3.26. The molecule has 28 heavy (non-hydrogen) atoms. The third-order valence-corrected chi connectivity index (χ3v) is 4.68. The number of benzene rings is 2. The largest absolute Gasteiger partial charge is 0.389 e. The van der Waals surface area contributed by atoms with Gasteiger partial charge in [0.05, 0.1) is 12.1 Å². The molecule has 1 aromatic heterocycles. The van der Waals surface area contributed by atoms with Crippen LogP contribution in [0.1, 0.15) is 43.0 Å². The lowest BCUT2D eigenvalue weighted by atomic mass is 10.1. The molecule has 0 saturated heterocycles. The summed E-state index contributed by atoms with van der Waals surface area (Å²) in [5, 5.41) is 27.2. The van der Waals surface area contributed by atoms with Crippen LogP contribution in [-0.2, 0) is 6.54 Å². The zero-order valence-corrected chi connectivity index (χ0v) is 15.5. The van der Waals surface area contributed by atoms with Crippen molar-refractivity contribution >= 4 is 11.7 Å². The van der Waals surface area contributed by atoms with Crippen molar-refractivity contribution in [2.24, 2.45) is 0 Å². The molecule has 0 spiro atoms. The van der Waals surface area contributed by atoms with Crippen LogP contribution in [0.3, 0.4) is 0 Å². The molecule has 0 radical (unpaired) electrons. The molecule has 8 heteroatoms. The highest BCUT2D eigenvalue weighted by Crippen LogP contribution is 2.36. The maximum Gasteiger partial charge on any atom is 0.319 e. The molecule has 144 valence electrons. The Kier molecular flexibility index (Phi) is 5.03. The van der Waals surface area contributed by atoms with Crippen LogP contribution in [0.2, 0.25) is 0 Å². The summed E-state index contributed by atoms with van der Waals surface area (Å²) in [7, 11) is 0. The summed E-state index contributed by atoms with van der Waals surface area (Å²) in [6.45, 7) is 2.11. The Morgan fingerprint density at radius 1 is 1.25 bits per heavy atom. The maximum absolute atomic E-state index is 12.2. The third kappa shape index (κ3) is 4.17. The number of hydrogen-bond donors (Lipinski definition) is 3. The summed E-state index contributed by atoms with van der Waals surface area (Å²) in [4.78, 5) is 12.2. The first kappa shape index (κ1) is 18.1. The zero-order chi connectivity index (χ0) is 19.5. The molecule has 0 unspecified atom stereocenters. The van der Waals surface area contributed by atoms with E-state index in [1.807, 2.05) is 53.2 Å². The van der Waals surface area contributed by atoms with E-state index in [1.54, 1.807) is 6.92 Å². The van der Waals surface area contributed by atoms with Gasteiger partial charge in [0.2, 0.25) is 0 Å². The second-order valence-electron chi connectivity index (χ2n) is 6.98. The fourth-order valence-corrected chi connectivity index (χ4v) is 2.96. The van der Waals surface area contributed by atoms with Gasteiger partial charge in [-0.25, -0.2) is 9.48 Å². The van der Waals surface area contributed by atoms with E-state index >= 15 is 0 Å². The molecule has 3 aromatic rings. The summed E-state index contributed by atoms with van der Waals surface area (Å²) in [6, 6.07) is 15.1. The number of nitrogens with one attached hydrogen (secondary N) is 2. The van der Waals surface area contributed by atoms with Gasteiger partial charge in [0.1, 0.15) is 0 Å². The molecule has 2 amide bonds. The Labute approximate surface area is 162 Å². The van der Waals surface area contributed by atoms with E-state index in [0.29, 0.717) is 24.1 Å². The average Bonchev–Trinajstić information content (AvgIpc) is 3.43. The van der Waals surface area contributed by atoms with Gasteiger partial charge in [0.25, 0.3) is 0 Å². The van der Waals surface area contributed by atoms with Gasteiger partial charge in [0, 0.05) is 17.8 Å². The number of tetrazole rings is 1. The maximum atomic E-state index is 12.2. The summed E-state index contributed by atoms with van der Waals surface area (Å²) in [6.07, 6.45) is 1.69. The molecule has 1 atom stereocenters. The molecule has 4 rings (SSSR count). The molecule has 1 aliphatic carbocycles. The smallest absolute Gasteiger partial charge is 0.319 e. The summed E-state index contributed by atoms with van der Waals surface area (Å²) in [5.41, 5.74) is 3.34. The van der Waals surface area contributed by atoms with Crippen LogP contribution < -0.4 is 10.6 Å². The number of anilines is 1. The molecule has 8 nitrogen and oxygen atoms in total. The number of carbonyl (C=O) groups is 1. The van der Waals surface area contributed by atoms with Gasteiger partial charge in [-0.15, -0.1) is 5.10 Å². The normalized spacial score (nSPS) is 14.5. The van der Waals surface area contributed by atoms with Crippen LogP contribution in [0.4, 0.5) is 10.5 Å². The van der Waals surface area contributed by atoms with E-state index in [1.165, 1.54) is 0 Å². The van der Waals surface area contributed by atoms with E-state index in [2.05, 4.69) is 26.2 Å². The molecule has 3 N–H and O–H groups in total. The molecular weight excluding hydrogens is 356 g/mol. The van der Waals surface area contributed by atoms with Crippen molar-refractivity contribution in [2.45, 2.75) is 38.5 Å². The predicted molar refractivity (Wildman–Crippen MR) is 104 cm³/mol. The minimum atomic E-state index is -0.501. The zero-order valence-electron chi connectivity index (χ0n) is 15.5. The van der Waals surface area contributed by atoms with E-state index in [4.69, 9.17) is 0 Å². The monoisotopic (exact) mass is 378 g/mol. The first-order chi connectivity index (χ1) is 13.6. The lowest BCUT2D eigenvalue weighted by Crippen LogP contribution is -2.28. The van der Waals surface area contributed by atoms with Crippen LogP contribution in [0.5, 0.6) is 0 Å². The van der Waals surface area contributed by atoms with Crippen LogP contribution >= 0.6 is 0 Å². The molecule has 1 saturated carbocycles. The number of aromatic nitrogens is 4. The number of hydrogen-bond acceptors (Lipinski definition) is 5. The van der Waals surface area contributed by atoms with Gasteiger partial charge in [-0.3, -0.25) is 0 Å². The van der Waals surface area contributed by atoms with E-state index in [0.717, 1.165) is 29.5 Å². The highest BCUT2D eigenvalue weighted by molar-refractivity contribution is 5.89. The van der Waals surface area contributed by atoms with Crippen LogP contribution in [0.25, 0.3) is 11.4 Å². The summed E-state index contributed by atoms with van der Waals surface area (Å²) in [5.74, 6) is 0.713. The van der Waals surface area contributed by atoms with Crippen molar-refractivity contribution in [3.8, 4) is 11.4 Å². The van der Waals surface area contributed by atoms with E-state index in [-0.39, 0.29) is 6.03 Å². The van der Waals surface area contributed by atoms with Gasteiger partial charge < -0.3 is 15.7 Å². The van der Waals surface area contributed by atoms with Gasteiger partial charge in [-0.05, 0) is 53.5 Å². The lowest BCUT2D eigenvalue weighted by Gasteiger charge is -2.10. The predicted octanol–water partition coefficient (Wildman–Crippen LogP) is 3.05. The lowest BCUT2D eigenvalue weighted by molar-refractivity contribution is 0.199. The number of urea groups is 1. The molecule has 1 aliphatic rings. The Bertz CT molecular complexity index is 963. The van der Waals surface area contributed by atoms with Gasteiger partial charge in [0.15, 0.2) is 5.82 Å². The Morgan fingerprint density at radius 2 is 2.04 bits per heavy atom. The minimum absolute atomic E-state index is 0.293. The summed E-state index contributed by atoms with van der Waals surface area (Å²) < 4.78 is 1.84. The molecule has 2 aromatic carbocycles. The topological polar surface area (TPSA) is 105 Å². The number of nitrogens with zero attached hydrogens (tertiary/aromatic N) is 4. The highest BCUT2D eigenvalue weighted by atomic mass is 16.3. The first-order valence-electron chi connectivity index (χ1n) is 9.30. The van der Waals surface area contributed by atoms with Gasteiger partial charge >= 0.3 is 6.03 Å². The minimum Gasteiger partial charge on any atom is -0.389 e. The second kappa shape index (κ2) is 7.77. The standard InChI is InChI=1S/C20H22N6O2/c1-13(27)15-7-5-14(6-8-15)12-21-20(28)22-17-4-2-3-16(11-17)19-23-24-25-26(19)18-9-10-18/h2-8,11,13,18,27H,9-10,12H2,1H3,(H2,21,22,28)/t13-/m0/s1. The fraction of sp³-hybridized carbons (Fsp3) is 0.300.